The summed E-state index contributed by atoms with van der Waals surface area (Å²) >= 11 is 0. The molecule has 0 amide bonds. The summed E-state index contributed by atoms with van der Waals surface area (Å²) in [5.41, 5.74) is 1.18. The Hall–Kier alpha value is -1.77. The summed E-state index contributed by atoms with van der Waals surface area (Å²) in [6.07, 6.45) is 4.06. The average Bonchev–Trinajstić information content (AvgIpc) is 2.67. The van der Waals surface area contributed by atoms with Crippen molar-refractivity contribution >= 4 is 0 Å². The largest absolute Gasteiger partial charge is 0.491 e. The molecular weight excluding hydrogens is 200 g/mol. The summed E-state index contributed by atoms with van der Waals surface area (Å²) in [6, 6.07) is 10.1. The van der Waals surface area contributed by atoms with Crippen LogP contribution in [0.2, 0.25) is 0 Å². The van der Waals surface area contributed by atoms with Crippen molar-refractivity contribution in [3.63, 3.8) is 0 Å². The number of hydrogen-bond acceptors (Lipinski definition) is 1. The van der Waals surface area contributed by atoms with Gasteiger partial charge in [-0.15, -0.1) is 4.68 Å². The summed E-state index contributed by atoms with van der Waals surface area (Å²) < 4.78 is 9.88. The molecule has 3 heteroatoms. The Labute approximate surface area is 95.9 Å². The first kappa shape index (κ1) is 10.7. The van der Waals surface area contributed by atoms with Crippen LogP contribution in [0.15, 0.2) is 42.7 Å². The minimum atomic E-state index is 0.688. The topological polar surface area (TPSA) is 18.0 Å². The van der Waals surface area contributed by atoms with E-state index < -0.39 is 0 Å². The Balaban J connectivity index is 1.89. The molecule has 1 aromatic heterocycles. The Kier molecular flexibility index (Phi) is 3.25. The molecular formula is C13H17N2O+. The number of rotatable bonds is 4. The summed E-state index contributed by atoms with van der Waals surface area (Å²) in [7, 11) is 2.02. The Morgan fingerprint density at radius 3 is 2.75 bits per heavy atom. The number of aromatic nitrogens is 2. The fraction of sp³-hybridized carbons (Fsp3) is 0.308. The molecule has 0 aliphatic rings. The molecule has 0 spiro atoms. The van der Waals surface area contributed by atoms with E-state index in [0.717, 1.165) is 12.3 Å². The molecule has 0 bridgehead atoms. The normalized spacial score (nSPS) is 10.4. The maximum absolute atomic E-state index is 5.73. The highest BCUT2D eigenvalue weighted by Gasteiger charge is 2.02. The lowest BCUT2D eigenvalue weighted by molar-refractivity contribution is -0.753. The molecule has 0 fully saturated rings. The molecule has 2 rings (SSSR count). The summed E-state index contributed by atoms with van der Waals surface area (Å²) in [6.45, 7) is 3.61. The Morgan fingerprint density at radius 1 is 1.25 bits per heavy atom. The smallest absolute Gasteiger partial charge is 0.195 e. The van der Waals surface area contributed by atoms with E-state index in [4.69, 9.17) is 4.74 Å². The molecule has 0 radical (unpaired) electrons. The highest BCUT2D eigenvalue weighted by molar-refractivity contribution is 5.31. The predicted molar refractivity (Wildman–Crippen MR) is 62.3 cm³/mol. The van der Waals surface area contributed by atoms with Crippen molar-refractivity contribution < 1.29 is 9.42 Å². The number of benzene rings is 1. The van der Waals surface area contributed by atoms with Crippen LogP contribution in [0, 0.1) is 6.92 Å². The lowest BCUT2D eigenvalue weighted by Crippen LogP contribution is -2.38. The maximum atomic E-state index is 5.73. The quantitative estimate of drug-likeness (QED) is 0.713. The van der Waals surface area contributed by atoms with Crippen molar-refractivity contribution in [2.75, 3.05) is 6.61 Å². The van der Waals surface area contributed by atoms with Crippen LogP contribution in [-0.4, -0.2) is 11.3 Å². The molecule has 84 valence electrons. The van der Waals surface area contributed by atoms with Crippen LogP contribution in [0.4, 0.5) is 0 Å². The van der Waals surface area contributed by atoms with E-state index >= 15 is 0 Å². The van der Waals surface area contributed by atoms with Gasteiger partial charge in [-0.05, 0) is 18.6 Å². The highest BCUT2D eigenvalue weighted by atomic mass is 16.5. The standard InChI is InChI=1S/C13H17N2O/c1-12-6-3-4-7-13(12)16-11-10-15-9-5-8-14(15)2/h3-9H,10-11H2,1-2H3/q+1. The monoisotopic (exact) mass is 217 g/mol. The molecule has 0 saturated carbocycles. The first-order valence-electron chi connectivity index (χ1n) is 5.47. The van der Waals surface area contributed by atoms with Crippen molar-refractivity contribution in [1.29, 1.82) is 0 Å². The number of nitrogens with zero attached hydrogens (tertiary/aromatic N) is 2. The maximum Gasteiger partial charge on any atom is 0.195 e. The van der Waals surface area contributed by atoms with Gasteiger partial charge in [-0.3, -0.25) is 0 Å². The second-order valence-electron chi connectivity index (χ2n) is 3.84. The number of aryl methyl sites for hydroxylation is 2. The van der Waals surface area contributed by atoms with Gasteiger partial charge in [0, 0.05) is 6.07 Å². The SMILES string of the molecule is Cc1ccccc1OCCn1ccc[n+]1C. The van der Waals surface area contributed by atoms with Gasteiger partial charge in [0.2, 0.25) is 0 Å². The van der Waals surface area contributed by atoms with Crippen molar-refractivity contribution in [3.05, 3.63) is 48.3 Å². The summed E-state index contributed by atoms with van der Waals surface area (Å²) in [5.74, 6) is 0.970. The third-order valence-corrected chi connectivity index (χ3v) is 2.64. The van der Waals surface area contributed by atoms with Gasteiger partial charge in [-0.25, -0.2) is 0 Å². The van der Waals surface area contributed by atoms with Gasteiger partial charge in [0.05, 0.1) is 6.20 Å². The van der Waals surface area contributed by atoms with E-state index in [-0.39, 0.29) is 0 Å². The summed E-state index contributed by atoms with van der Waals surface area (Å²) in [4.78, 5) is 0. The van der Waals surface area contributed by atoms with Crippen LogP contribution in [0.25, 0.3) is 0 Å². The first-order chi connectivity index (χ1) is 7.77. The predicted octanol–water partition coefficient (Wildman–Crippen LogP) is 1.70. The second-order valence-corrected chi connectivity index (χ2v) is 3.84. The van der Waals surface area contributed by atoms with E-state index in [9.17, 15) is 0 Å². The molecule has 0 N–H and O–H groups in total. The van der Waals surface area contributed by atoms with Crippen LogP contribution in [0.3, 0.4) is 0 Å². The van der Waals surface area contributed by atoms with Crippen molar-refractivity contribution in [2.24, 2.45) is 7.05 Å². The van der Waals surface area contributed by atoms with Crippen molar-refractivity contribution in [3.8, 4) is 5.75 Å². The Bertz CT molecular complexity index is 462. The summed E-state index contributed by atoms with van der Waals surface area (Å²) in [5, 5.41) is 0. The van der Waals surface area contributed by atoms with Crippen LogP contribution in [-0.2, 0) is 13.6 Å². The average molecular weight is 217 g/mol. The molecule has 16 heavy (non-hydrogen) atoms. The van der Waals surface area contributed by atoms with Crippen LogP contribution >= 0.6 is 0 Å². The van der Waals surface area contributed by atoms with E-state index in [0.29, 0.717) is 6.61 Å². The van der Waals surface area contributed by atoms with Gasteiger partial charge in [0.25, 0.3) is 0 Å². The lowest BCUT2D eigenvalue weighted by Gasteiger charge is -2.08. The molecule has 1 heterocycles. The fourth-order valence-corrected chi connectivity index (χ4v) is 1.65. The third-order valence-electron chi connectivity index (χ3n) is 2.64. The van der Waals surface area contributed by atoms with E-state index in [2.05, 4.69) is 17.7 Å². The second kappa shape index (κ2) is 4.84. The van der Waals surface area contributed by atoms with Gasteiger partial charge in [0.15, 0.2) is 13.2 Å². The highest BCUT2D eigenvalue weighted by Crippen LogP contribution is 2.15. The zero-order valence-corrected chi connectivity index (χ0v) is 9.76. The van der Waals surface area contributed by atoms with Crippen molar-refractivity contribution in [1.82, 2.24) is 4.68 Å². The number of ether oxygens (including phenoxy) is 1. The minimum Gasteiger partial charge on any atom is -0.491 e. The minimum absolute atomic E-state index is 0.688. The van der Waals surface area contributed by atoms with E-state index in [1.807, 2.05) is 48.4 Å². The first-order valence-corrected chi connectivity index (χ1v) is 5.47. The van der Waals surface area contributed by atoms with Gasteiger partial charge in [-0.2, -0.15) is 4.68 Å². The van der Waals surface area contributed by atoms with Crippen LogP contribution in [0.1, 0.15) is 5.56 Å². The molecule has 0 aliphatic heterocycles. The number of hydrogen-bond donors (Lipinski definition) is 0. The lowest BCUT2D eigenvalue weighted by atomic mass is 10.2. The fourth-order valence-electron chi connectivity index (χ4n) is 1.65. The van der Waals surface area contributed by atoms with Crippen LogP contribution < -0.4 is 9.42 Å². The number of para-hydroxylation sites is 1. The van der Waals surface area contributed by atoms with Gasteiger partial charge in [-0.1, -0.05) is 18.2 Å². The zero-order chi connectivity index (χ0) is 11.4. The molecule has 0 unspecified atom stereocenters. The van der Waals surface area contributed by atoms with Gasteiger partial charge >= 0.3 is 0 Å². The molecule has 1 aromatic carbocycles. The van der Waals surface area contributed by atoms with E-state index in [1.54, 1.807) is 0 Å². The molecule has 3 nitrogen and oxygen atoms in total. The molecule has 0 saturated heterocycles. The third kappa shape index (κ3) is 2.42. The molecule has 0 atom stereocenters. The molecule has 0 aliphatic carbocycles. The van der Waals surface area contributed by atoms with Crippen molar-refractivity contribution in [2.45, 2.75) is 13.5 Å². The van der Waals surface area contributed by atoms with Gasteiger partial charge in [0.1, 0.15) is 18.9 Å². The molecule has 2 aromatic rings. The zero-order valence-electron chi connectivity index (χ0n) is 9.76. The van der Waals surface area contributed by atoms with Crippen LogP contribution in [0.5, 0.6) is 5.75 Å². The van der Waals surface area contributed by atoms with E-state index in [1.165, 1.54) is 5.56 Å². The van der Waals surface area contributed by atoms with Gasteiger partial charge < -0.3 is 4.74 Å². The Morgan fingerprint density at radius 2 is 2.06 bits per heavy atom.